The Morgan fingerprint density at radius 1 is 1.06 bits per heavy atom. The number of methoxy groups -OCH3 is 1. The van der Waals surface area contributed by atoms with Gasteiger partial charge in [0.05, 0.1) is 12.7 Å². The molecule has 0 radical (unpaired) electrons. The van der Waals surface area contributed by atoms with Crippen LogP contribution < -0.4 is 14.8 Å². The molecule has 31 heavy (non-hydrogen) atoms. The zero-order chi connectivity index (χ0) is 23.4. The molecule has 1 saturated carbocycles. The van der Waals surface area contributed by atoms with Crippen LogP contribution in [0.15, 0.2) is 42.5 Å². The minimum absolute atomic E-state index is 0. The predicted octanol–water partition coefficient (Wildman–Crippen LogP) is 5.76. The zero-order valence-corrected chi connectivity index (χ0v) is 19.9. The van der Waals surface area contributed by atoms with Gasteiger partial charge in [-0.05, 0) is 31.2 Å². The van der Waals surface area contributed by atoms with E-state index in [1.807, 2.05) is 45.0 Å². The summed E-state index contributed by atoms with van der Waals surface area (Å²) in [6.07, 6.45) is -0.115. The van der Waals surface area contributed by atoms with Crippen molar-refractivity contribution >= 4 is 5.91 Å². The maximum absolute atomic E-state index is 12.8. The Morgan fingerprint density at radius 3 is 2.16 bits per heavy atom. The Balaban J connectivity index is 0.00000166. The van der Waals surface area contributed by atoms with Gasteiger partial charge in [0.25, 0.3) is 5.91 Å². The average molecular weight is 425 g/mol. The molecule has 0 aliphatic heterocycles. The molecule has 168 valence electrons. The number of ether oxygens (including phenoxy) is 2. The van der Waals surface area contributed by atoms with Gasteiger partial charge in [0, 0.05) is 29.9 Å². The average Bonchev–Trinajstić information content (AvgIpc) is 2.76. The zero-order valence-electron chi connectivity index (χ0n) is 19.9. The molecular weight excluding hydrogens is 388 g/mol. The highest BCUT2D eigenvalue weighted by molar-refractivity contribution is 5.94. The minimum atomic E-state index is -0.273. The van der Waals surface area contributed by atoms with Crippen molar-refractivity contribution in [1.29, 1.82) is 5.26 Å². The molecule has 0 atom stereocenters. The van der Waals surface area contributed by atoms with Gasteiger partial charge in [0.2, 0.25) is 0 Å². The van der Waals surface area contributed by atoms with Crippen molar-refractivity contribution in [3.63, 3.8) is 0 Å². The first kappa shape index (κ1) is 24.3. The third-order valence-corrected chi connectivity index (χ3v) is 5.98. The second-order valence-corrected chi connectivity index (χ2v) is 8.89. The normalized spacial score (nSPS) is 20.2. The van der Waals surface area contributed by atoms with Gasteiger partial charge in [0.1, 0.15) is 23.7 Å². The fraction of sp³-hybridized carbons (Fsp3) is 0.462. The van der Waals surface area contributed by atoms with Crippen LogP contribution in [0.2, 0.25) is 0 Å². The third kappa shape index (κ3) is 4.69. The van der Waals surface area contributed by atoms with Crippen LogP contribution in [0, 0.1) is 29.1 Å². The maximum atomic E-state index is 12.8. The molecule has 5 nitrogen and oxygen atoms in total. The highest BCUT2D eigenvalue weighted by atomic mass is 16.5. The molecule has 0 bridgehead atoms. The van der Waals surface area contributed by atoms with E-state index in [0.717, 1.165) is 5.56 Å². The van der Waals surface area contributed by atoms with Gasteiger partial charge in [-0.1, -0.05) is 59.2 Å². The molecule has 2 aromatic rings. The number of aryl methyl sites for hydroxylation is 1. The second kappa shape index (κ2) is 9.43. The lowest BCUT2D eigenvalue weighted by molar-refractivity contribution is -0.164. The number of hydrogen-bond donors (Lipinski definition) is 1. The Bertz CT molecular complexity index is 946. The van der Waals surface area contributed by atoms with Crippen LogP contribution in [0.3, 0.4) is 0 Å². The van der Waals surface area contributed by atoms with Gasteiger partial charge in [-0.2, -0.15) is 5.26 Å². The minimum Gasteiger partial charge on any atom is -0.495 e. The van der Waals surface area contributed by atoms with Crippen molar-refractivity contribution in [3.05, 3.63) is 59.2 Å². The molecule has 0 heterocycles. The number of nitrogens with one attached hydrogen (secondary N) is 1. The van der Waals surface area contributed by atoms with Gasteiger partial charge in [-0.3, -0.25) is 4.79 Å². The summed E-state index contributed by atoms with van der Waals surface area (Å²) < 4.78 is 11.6. The molecule has 0 spiro atoms. The first-order valence-corrected chi connectivity index (χ1v) is 10.7. The monoisotopic (exact) mass is 424 g/mol. The number of rotatable bonds is 5. The van der Waals surface area contributed by atoms with Crippen molar-refractivity contribution in [1.82, 2.24) is 5.32 Å². The third-order valence-electron chi connectivity index (χ3n) is 5.98. The summed E-state index contributed by atoms with van der Waals surface area (Å²) in [5.41, 5.74) is 1.70. The van der Waals surface area contributed by atoms with E-state index in [4.69, 9.17) is 14.7 Å². The van der Waals surface area contributed by atoms with E-state index in [1.54, 1.807) is 18.2 Å². The molecule has 1 amide bonds. The molecule has 0 saturated heterocycles. The van der Waals surface area contributed by atoms with E-state index in [9.17, 15) is 4.79 Å². The van der Waals surface area contributed by atoms with E-state index in [1.165, 1.54) is 7.11 Å². The van der Waals surface area contributed by atoms with Gasteiger partial charge in [-0.15, -0.1) is 0 Å². The molecule has 1 aliphatic rings. The van der Waals surface area contributed by atoms with Crippen LogP contribution in [0.25, 0.3) is 0 Å². The Kier molecular flexibility index (Phi) is 7.38. The van der Waals surface area contributed by atoms with Crippen LogP contribution in [0.4, 0.5) is 0 Å². The molecule has 1 N–H and O–H groups in total. The van der Waals surface area contributed by atoms with Crippen molar-refractivity contribution < 1.29 is 15.7 Å². The van der Waals surface area contributed by atoms with Gasteiger partial charge >= 0.3 is 0 Å². The molecule has 0 unspecified atom stereocenters. The van der Waals surface area contributed by atoms with Gasteiger partial charge < -0.3 is 14.8 Å². The van der Waals surface area contributed by atoms with Crippen molar-refractivity contribution in [3.8, 4) is 17.6 Å². The van der Waals surface area contributed by atoms with E-state index in [-0.39, 0.29) is 30.3 Å². The number of nitriles is 1. The number of carbonyl (C=O) groups excluding carboxylic acids is 1. The maximum Gasteiger partial charge on any atom is 0.251 e. The number of amides is 1. The summed E-state index contributed by atoms with van der Waals surface area (Å²) in [6, 6.07) is 14.9. The molecule has 0 aromatic heterocycles. The van der Waals surface area contributed by atoms with E-state index >= 15 is 0 Å². The summed E-state index contributed by atoms with van der Waals surface area (Å²) in [5.74, 6) is 1.06. The Labute approximate surface area is 187 Å². The quantitative estimate of drug-likeness (QED) is 0.662. The summed E-state index contributed by atoms with van der Waals surface area (Å²) in [5, 5.41) is 12.4. The molecule has 1 fully saturated rings. The fourth-order valence-electron chi connectivity index (χ4n) is 4.69. The predicted molar refractivity (Wildman–Crippen MR) is 126 cm³/mol. The van der Waals surface area contributed by atoms with E-state index < -0.39 is 0 Å². The Morgan fingerprint density at radius 2 is 1.65 bits per heavy atom. The fourth-order valence-corrected chi connectivity index (χ4v) is 4.69. The molecular formula is C26H36N2O3. The number of nitrogens with zero attached hydrogens (tertiary/aromatic N) is 1. The van der Waals surface area contributed by atoms with Crippen LogP contribution in [0.5, 0.6) is 11.5 Å². The SMILES string of the molecule is CC.COc1cc(OC2C(C)(C)C(NC(=O)c3ccc(C)cc3)C2(C)C)ccc1C#N.[HH]. The van der Waals surface area contributed by atoms with Gasteiger partial charge in [-0.25, -0.2) is 0 Å². The van der Waals surface area contributed by atoms with Crippen LogP contribution >= 0.6 is 0 Å². The van der Waals surface area contributed by atoms with Crippen LogP contribution in [-0.4, -0.2) is 25.2 Å². The highest BCUT2D eigenvalue weighted by Crippen LogP contribution is 2.55. The number of carbonyl (C=O) groups is 1. The lowest BCUT2D eigenvalue weighted by Crippen LogP contribution is -2.74. The molecule has 2 aromatic carbocycles. The summed E-state index contributed by atoms with van der Waals surface area (Å²) in [6.45, 7) is 14.4. The molecule has 3 rings (SSSR count). The standard InChI is InChI=1S/C24H28N2O3.C2H6.H2/c1-15-7-9-16(10-8-15)20(27)26-21-23(2,3)22(24(21,4)5)29-18-12-11-17(14-25)19(13-18)28-6;1-2;/h7-13,21-22H,1-6H3,(H,26,27);1-2H3;1H. The number of benzene rings is 2. The van der Waals surface area contributed by atoms with E-state index in [2.05, 4.69) is 39.1 Å². The first-order chi connectivity index (χ1) is 14.6. The van der Waals surface area contributed by atoms with Gasteiger partial charge in [0.15, 0.2) is 0 Å². The van der Waals surface area contributed by atoms with Crippen LogP contribution in [-0.2, 0) is 0 Å². The lowest BCUT2D eigenvalue weighted by atomic mass is 9.49. The topological polar surface area (TPSA) is 71.3 Å². The number of hydrogen-bond acceptors (Lipinski definition) is 4. The van der Waals surface area contributed by atoms with Crippen molar-refractivity contribution in [2.75, 3.05) is 7.11 Å². The largest absolute Gasteiger partial charge is 0.495 e. The van der Waals surface area contributed by atoms with E-state index in [0.29, 0.717) is 22.6 Å². The summed E-state index contributed by atoms with van der Waals surface area (Å²) in [7, 11) is 1.54. The summed E-state index contributed by atoms with van der Waals surface area (Å²) in [4.78, 5) is 12.8. The summed E-state index contributed by atoms with van der Waals surface area (Å²) >= 11 is 0. The second-order valence-electron chi connectivity index (χ2n) is 8.89. The lowest BCUT2D eigenvalue weighted by Gasteiger charge is -2.63. The molecule has 5 heteroatoms. The van der Waals surface area contributed by atoms with Crippen LogP contribution in [0.1, 0.15) is 64.5 Å². The highest BCUT2D eigenvalue weighted by Gasteiger charge is 2.64. The van der Waals surface area contributed by atoms with Crippen molar-refractivity contribution in [2.45, 2.75) is 60.6 Å². The Hall–Kier alpha value is -3.00. The first-order valence-electron chi connectivity index (χ1n) is 10.7. The smallest absolute Gasteiger partial charge is 0.251 e. The van der Waals surface area contributed by atoms with Crippen molar-refractivity contribution in [2.24, 2.45) is 10.8 Å². The molecule has 1 aliphatic carbocycles.